The Kier molecular flexibility index (Phi) is 4.68. The first kappa shape index (κ1) is 16.7. The second-order valence-corrected chi connectivity index (χ2v) is 6.06. The molecule has 0 saturated carbocycles. The van der Waals surface area contributed by atoms with Crippen molar-refractivity contribution in [1.29, 1.82) is 0 Å². The van der Waals surface area contributed by atoms with E-state index < -0.39 is 30.4 Å². The minimum absolute atomic E-state index is 0.162. The van der Waals surface area contributed by atoms with E-state index in [-0.39, 0.29) is 5.82 Å². The lowest BCUT2D eigenvalue weighted by molar-refractivity contribution is -0.111. The SMILES string of the molecule is C#CC(=O)Nc1ncnc2c1ncn2C1O[C@H](CSC)[C@@H](O)[C@H]1O. The van der Waals surface area contributed by atoms with Crippen LogP contribution in [0.4, 0.5) is 5.82 Å². The number of aliphatic hydroxyl groups excluding tert-OH is 2. The molecule has 24 heavy (non-hydrogen) atoms. The normalized spacial score (nSPS) is 26.4. The first-order chi connectivity index (χ1) is 11.6. The summed E-state index contributed by atoms with van der Waals surface area (Å²) < 4.78 is 7.24. The van der Waals surface area contributed by atoms with Gasteiger partial charge in [0.15, 0.2) is 23.2 Å². The highest BCUT2D eigenvalue weighted by atomic mass is 32.2. The summed E-state index contributed by atoms with van der Waals surface area (Å²) in [5, 5.41) is 22.8. The molecular formula is C14H15N5O4S. The number of hydrogen-bond donors (Lipinski definition) is 3. The third-order valence-electron chi connectivity index (χ3n) is 3.66. The molecule has 0 bridgehead atoms. The van der Waals surface area contributed by atoms with Gasteiger partial charge in [-0.3, -0.25) is 14.7 Å². The summed E-state index contributed by atoms with van der Waals surface area (Å²) >= 11 is 1.51. The summed E-state index contributed by atoms with van der Waals surface area (Å²) in [6.07, 6.45) is 6.09. The van der Waals surface area contributed by atoms with Crippen LogP contribution in [0.25, 0.3) is 11.2 Å². The Morgan fingerprint density at radius 3 is 2.96 bits per heavy atom. The summed E-state index contributed by atoms with van der Waals surface area (Å²) in [5.74, 6) is 1.98. The van der Waals surface area contributed by atoms with Crippen molar-refractivity contribution < 1.29 is 19.7 Å². The number of imidazole rings is 1. The maximum atomic E-state index is 11.4. The molecule has 1 aliphatic rings. The van der Waals surface area contributed by atoms with Crippen molar-refractivity contribution in [1.82, 2.24) is 19.5 Å². The lowest BCUT2D eigenvalue weighted by atomic mass is 10.1. The molecule has 126 valence electrons. The summed E-state index contributed by atoms with van der Waals surface area (Å²) in [5.41, 5.74) is 0.651. The molecule has 0 aliphatic carbocycles. The zero-order valence-electron chi connectivity index (χ0n) is 12.7. The Morgan fingerprint density at radius 2 is 2.25 bits per heavy atom. The minimum atomic E-state index is -1.13. The average Bonchev–Trinajstić information content (AvgIpc) is 3.12. The minimum Gasteiger partial charge on any atom is -0.387 e. The predicted molar refractivity (Wildman–Crippen MR) is 87.1 cm³/mol. The van der Waals surface area contributed by atoms with Crippen molar-refractivity contribution in [2.45, 2.75) is 24.5 Å². The van der Waals surface area contributed by atoms with Crippen molar-refractivity contribution >= 4 is 34.7 Å². The smallest absolute Gasteiger partial charge is 0.301 e. The van der Waals surface area contributed by atoms with Crippen LogP contribution in [0, 0.1) is 12.3 Å². The third-order valence-corrected chi connectivity index (χ3v) is 4.33. The van der Waals surface area contributed by atoms with E-state index in [1.54, 1.807) is 0 Å². The van der Waals surface area contributed by atoms with E-state index in [0.717, 1.165) is 0 Å². The topological polar surface area (TPSA) is 122 Å². The fourth-order valence-electron chi connectivity index (χ4n) is 2.53. The Labute approximate surface area is 141 Å². The van der Waals surface area contributed by atoms with E-state index in [4.69, 9.17) is 11.2 Å². The zero-order chi connectivity index (χ0) is 17.3. The van der Waals surface area contributed by atoms with Gasteiger partial charge in [-0.25, -0.2) is 15.0 Å². The van der Waals surface area contributed by atoms with Crippen LogP contribution in [0.2, 0.25) is 0 Å². The van der Waals surface area contributed by atoms with Crippen molar-refractivity contribution in [3.8, 4) is 12.3 Å². The number of amides is 1. The quantitative estimate of drug-likeness (QED) is 0.624. The summed E-state index contributed by atoms with van der Waals surface area (Å²) in [4.78, 5) is 23.6. The van der Waals surface area contributed by atoms with Crippen molar-refractivity contribution in [2.75, 3.05) is 17.3 Å². The number of fused-ring (bicyclic) bond motifs is 1. The van der Waals surface area contributed by atoms with Crippen LogP contribution in [-0.2, 0) is 9.53 Å². The molecule has 1 fully saturated rings. The van der Waals surface area contributed by atoms with Gasteiger partial charge in [-0.05, 0) is 12.2 Å². The molecule has 1 amide bonds. The molecule has 10 heteroatoms. The van der Waals surface area contributed by atoms with Gasteiger partial charge in [0, 0.05) is 5.75 Å². The van der Waals surface area contributed by atoms with Gasteiger partial charge < -0.3 is 14.9 Å². The highest BCUT2D eigenvalue weighted by Crippen LogP contribution is 2.33. The van der Waals surface area contributed by atoms with Gasteiger partial charge in [0.1, 0.15) is 18.5 Å². The maximum Gasteiger partial charge on any atom is 0.301 e. The van der Waals surface area contributed by atoms with Crippen molar-refractivity contribution in [3.63, 3.8) is 0 Å². The van der Waals surface area contributed by atoms with Crippen molar-refractivity contribution in [2.24, 2.45) is 0 Å². The van der Waals surface area contributed by atoms with Gasteiger partial charge in [0.2, 0.25) is 0 Å². The highest BCUT2D eigenvalue weighted by Gasteiger charge is 2.44. The maximum absolute atomic E-state index is 11.4. The molecule has 3 N–H and O–H groups in total. The van der Waals surface area contributed by atoms with Crippen LogP contribution in [0.5, 0.6) is 0 Å². The number of aliphatic hydroxyl groups is 2. The molecule has 3 rings (SSSR count). The number of thioether (sulfide) groups is 1. The number of nitrogens with one attached hydrogen (secondary N) is 1. The van der Waals surface area contributed by atoms with Crippen LogP contribution in [0.15, 0.2) is 12.7 Å². The molecule has 2 aromatic rings. The van der Waals surface area contributed by atoms with Gasteiger partial charge in [-0.15, -0.1) is 6.42 Å². The largest absolute Gasteiger partial charge is 0.387 e. The zero-order valence-corrected chi connectivity index (χ0v) is 13.5. The fourth-order valence-corrected chi connectivity index (χ4v) is 3.14. The molecule has 1 aliphatic heterocycles. The van der Waals surface area contributed by atoms with Crippen molar-refractivity contribution in [3.05, 3.63) is 12.7 Å². The number of hydrogen-bond acceptors (Lipinski definition) is 8. The van der Waals surface area contributed by atoms with Crippen LogP contribution < -0.4 is 5.32 Å². The first-order valence-electron chi connectivity index (χ1n) is 7.02. The fraction of sp³-hybridized carbons (Fsp3) is 0.429. The molecule has 0 aromatic carbocycles. The Bertz CT molecular complexity index is 804. The molecule has 1 unspecified atom stereocenters. The lowest BCUT2D eigenvalue weighted by Crippen LogP contribution is -2.32. The second kappa shape index (κ2) is 6.74. The van der Waals surface area contributed by atoms with E-state index in [9.17, 15) is 15.0 Å². The van der Waals surface area contributed by atoms with Gasteiger partial charge in [0.05, 0.1) is 12.4 Å². The number of terminal acetylenes is 1. The number of aromatic nitrogens is 4. The molecule has 9 nitrogen and oxygen atoms in total. The van der Waals surface area contributed by atoms with Crippen LogP contribution in [0.1, 0.15) is 6.23 Å². The molecular weight excluding hydrogens is 334 g/mol. The number of anilines is 1. The molecule has 4 atom stereocenters. The van der Waals surface area contributed by atoms with E-state index in [1.807, 2.05) is 12.2 Å². The summed E-state index contributed by atoms with van der Waals surface area (Å²) in [6, 6.07) is 0. The van der Waals surface area contributed by atoms with Gasteiger partial charge >= 0.3 is 5.91 Å². The summed E-state index contributed by atoms with van der Waals surface area (Å²) in [6.45, 7) is 0. The number of nitrogens with zero attached hydrogens (tertiary/aromatic N) is 4. The van der Waals surface area contributed by atoms with E-state index in [2.05, 4.69) is 20.3 Å². The first-order valence-corrected chi connectivity index (χ1v) is 8.42. The highest BCUT2D eigenvalue weighted by molar-refractivity contribution is 7.98. The van der Waals surface area contributed by atoms with Gasteiger partial charge in [0.25, 0.3) is 0 Å². The summed E-state index contributed by atoms with van der Waals surface area (Å²) in [7, 11) is 0. The average molecular weight is 349 g/mol. The monoisotopic (exact) mass is 349 g/mol. The Morgan fingerprint density at radius 1 is 1.46 bits per heavy atom. The predicted octanol–water partition coefficient (Wildman–Crippen LogP) is -0.620. The molecule has 2 aromatic heterocycles. The van der Waals surface area contributed by atoms with Crippen LogP contribution in [0.3, 0.4) is 0 Å². The lowest BCUT2D eigenvalue weighted by Gasteiger charge is -2.16. The van der Waals surface area contributed by atoms with E-state index >= 15 is 0 Å². The number of ether oxygens (including phenoxy) is 1. The standard InChI is InChI=1S/C14H15N5O4S/c1-3-8(20)18-12-9-13(16-5-15-12)19(6-17-9)14-11(22)10(21)7(23-14)4-24-2/h1,5-7,10-11,14,21-22H,4H2,2H3,(H,15,16,18,20)/t7-,10-,11-,14?/m1/s1. The molecule has 1 saturated heterocycles. The number of rotatable bonds is 4. The number of carbonyl (C=O) groups excluding carboxylic acids is 1. The molecule has 0 radical (unpaired) electrons. The second-order valence-electron chi connectivity index (χ2n) is 5.15. The Hall–Kier alpha value is -2.19. The van der Waals surface area contributed by atoms with E-state index in [1.165, 1.54) is 29.0 Å². The third kappa shape index (κ3) is 2.83. The Balaban J connectivity index is 1.95. The number of carbonyl (C=O) groups is 1. The van der Waals surface area contributed by atoms with E-state index in [0.29, 0.717) is 16.9 Å². The van der Waals surface area contributed by atoms with Crippen LogP contribution in [-0.4, -0.2) is 66.0 Å². The van der Waals surface area contributed by atoms with Gasteiger partial charge in [-0.1, -0.05) is 0 Å². The molecule has 0 spiro atoms. The van der Waals surface area contributed by atoms with Crippen LogP contribution >= 0.6 is 11.8 Å². The molecule has 3 heterocycles. The van der Waals surface area contributed by atoms with Gasteiger partial charge in [-0.2, -0.15) is 11.8 Å².